The molecular weight excluding hydrogens is 240 g/mol. The zero-order chi connectivity index (χ0) is 13.2. The Hall–Kier alpha value is -1.06. The van der Waals surface area contributed by atoms with Crippen LogP contribution in [0.5, 0.6) is 0 Å². The molecular formula is C15H24N2O2. The lowest BCUT2D eigenvalue weighted by Crippen LogP contribution is -2.40. The van der Waals surface area contributed by atoms with Crippen molar-refractivity contribution < 1.29 is 9.59 Å². The van der Waals surface area contributed by atoms with Gasteiger partial charge >= 0.3 is 6.03 Å². The first kappa shape index (κ1) is 12.9. The van der Waals surface area contributed by atoms with Gasteiger partial charge in [0.2, 0.25) is 0 Å². The van der Waals surface area contributed by atoms with Crippen LogP contribution in [0.25, 0.3) is 0 Å². The fourth-order valence-corrected chi connectivity index (χ4v) is 3.94. The summed E-state index contributed by atoms with van der Waals surface area (Å²) in [6, 6.07) is 0.756. The van der Waals surface area contributed by atoms with Gasteiger partial charge in [-0.25, -0.2) is 4.79 Å². The third-order valence-electron chi connectivity index (χ3n) is 5.14. The lowest BCUT2D eigenvalue weighted by atomic mass is 9.84. The average molecular weight is 264 g/mol. The Kier molecular flexibility index (Phi) is 3.76. The van der Waals surface area contributed by atoms with Crippen molar-refractivity contribution in [1.29, 1.82) is 0 Å². The molecule has 4 heteroatoms. The topological polar surface area (TPSA) is 49.4 Å². The zero-order valence-corrected chi connectivity index (χ0v) is 11.6. The molecule has 19 heavy (non-hydrogen) atoms. The van der Waals surface area contributed by atoms with E-state index in [9.17, 15) is 9.59 Å². The van der Waals surface area contributed by atoms with E-state index >= 15 is 0 Å². The van der Waals surface area contributed by atoms with Crippen molar-refractivity contribution in [3.05, 3.63) is 0 Å². The van der Waals surface area contributed by atoms with Gasteiger partial charge in [0, 0.05) is 25.4 Å². The second-order valence-electron chi connectivity index (χ2n) is 6.38. The third-order valence-corrected chi connectivity index (χ3v) is 5.14. The summed E-state index contributed by atoms with van der Waals surface area (Å²) in [6.45, 7) is 0.863. The molecule has 1 heterocycles. The molecule has 2 aliphatic carbocycles. The van der Waals surface area contributed by atoms with Crippen LogP contribution in [0.3, 0.4) is 0 Å². The molecule has 0 bridgehead atoms. The number of Topliss-reactive ketones (excluding diaryl/α,β-unsaturated/α-hetero) is 1. The first-order valence-corrected chi connectivity index (χ1v) is 7.83. The number of rotatable bonds is 2. The lowest BCUT2D eigenvalue weighted by molar-refractivity contribution is -0.121. The second-order valence-corrected chi connectivity index (χ2v) is 6.38. The van der Waals surface area contributed by atoms with E-state index in [1.807, 2.05) is 4.90 Å². The van der Waals surface area contributed by atoms with Gasteiger partial charge in [-0.3, -0.25) is 4.79 Å². The fourth-order valence-electron chi connectivity index (χ4n) is 3.94. The first-order valence-electron chi connectivity index (χ1n) is 7.83. The molecule has 1 unspecified atom stereocenters. The molecule has 0 radical (unpaired) electrons. The first-order chi connectivity index (χ1) is 9.24. The van der Waals surface area contributed by atoms with Crippen LogP contribution in [0.2, 0.25) is 0 Å². The molecule has 1 N–H and O–H groups in total. The summed E-state index contributed by atoms with van der Waals surface area (Å²) in [7, 11) is 0. The van der Waals surface area contributed by atoms with E-state index in [-0.39, 0.29) is 6.03 Å². The van der Waals surface area contributed by atoms with Gasteiger partial charge in [0.1, 0.15) is 5.78 Å². The zero-order valence-electron chi connectivity index (χ0n) is 11.6. The van der Waals surface area contributed by atoms with Crippen LogP contribution in [0.4, 0.5) is 4.79 Å². The van der Waals surface area contributed by atoms with Crippen molar-refractivity contribution in [3.63, 3.8) is 0 Å². The van der Waals surface area contributed by atoms with Crippen molar-refractivity contribution in [2.75, 3.05) is 6.54 Å². The molecule has 2 amide bonds. The minimum Gasteiger partial charge on any atom is -0.333 e. The molecule has 1 saturated heterocycles. The Labute approximate surface area is 114 Å². The lowest BCUT2D eigenvalue weighted by Gasteiger charge is -2.31. The highest BCUT2D eigenvalue weighted by Crippen LogP contribution is 2.31. The summed E-state index contributed by atoms with van der Waals surface area (Å²) in [5.41, 5.74) is 0. The molecule has 4 nitrogen and oxygen atoms in total. The molecule has 1 aliphatic heterocycles. The Bertz CT molecular complexity index is 353. The second kappa shape index (κ2) is 5.51. The third kappa shape index (κ3) is 2.77. The van der Waals surface area contributed by atoms with Crippen molar-refractivity contribution in [3.8, 4) is 0 Å². The number of amides is 2. The fraction of sp³-hybridized carbons (Fsp3) is 0.867. The largest absolute Gasteiger partial charge is 0.333 e. The van der Waals surface area contributed by atoms with E-state index < -0.39 is 0 Å². The van der Waals surface area contributed by atoms with Gasteiger partial charge in [-0.15, -0.1) is 0 Å². The van der Waals surface area contributed by atoms with Crippen molar-refractivity contribution >= 4 is 11.8 Å². The smallest absolute Gasteiger partial charge is 0.318 e. The van der Waals surface area contributed by atoms with E-state index in [1.165, 1.54) is 32.1 Å². The molecule has 2 saturated carbocycles. The summed E-state index contributed by atoms with van der Waals surface area (Å²) in [4.78, 5) is 25.4. The van der Waals surface area contributed by atoms with Gasteiger partial charge in [0.25, 0.3) is 0 Å². The molecule has 1 atom stereocenters. The Morgan fingerprint density at radius 3 is 2.32 bits per heavy atom. The molecule has 0 spiro atoms. The van der Waals surface area contributed by atoms with Crippen LogP contribution in [0.1, 0.15) is 57.8 Å². The van der Waals surface area contributed by atoms with Crippen LogP contribution in [-0.2, 0) is 4.79 Å². The van der Waals surface area contributed by atoms with E-state index in [0.717, 1.165) is 19.4 Å². The summed E-state index contributed by atoms with van der Waals surface area (Å²) < 4.78 is 0. The number of ketones is 1. The van der Waals surface area contributed by atoms with Crippen LogP contribution in [0, 0.1) is 5.92 Å². The number of carbonyl (C=O) groups excluding carboxylic acids is 2. The quantitative estimate of drug-likeness (QED) is 0.833. The van der Waals surface area contributed by atoms with E-state index in [4.69, 9.17) is 0 Å². The molecule has 0 aromatic carbocycles. The van der Waals surface area contributed by atoms with E-state index in [0.29, 0.717) is 36.6 Å². The SMILES string of the molecule is O=C1CCC(N2CC(C3CCCCC3)NC2=O)CC1. The highest BCUT2D eigenvalue weighted by Gasteiger charge is 2.38. The minimum atomic E-state index is 0.106. The van der Waals surface area contributed by atoms with Crippen molar-refractivity contribution in [2.24, 2.45) is 5.92 Å². The van der Waals surface area contributed by atoms with Gasteiger partial charge in [0.15, 0.2) is 0 Å². The van der Waals surface area contributed by atoms with Crippen LogP contribution < -0.4 is 5.32 Å². The molecule has 0 aromatic rings. The van der Waals surface area contributed by atoms with Crippen LogP contribution in [0.15, 0.2) is 0 Å². The summed E-state index contributed by atoms with van der Waals surface area (Å²) in [5, 5.41) is 3.18. The highest BCUT2D eigenvalue weighted by molar-refractivity contribution is 5.80. The Morgan fingerprint density at radius 2 is 1.63 bits per heavy atom. The summed E-state index contributed by atoms with van der Waals surface area (Å²) in [6.07, 6.45) is 9.55. The average Bonchev–Trinajstić information content (AvgIpc) is 2.83. The molecule has 0 aromatic heterocycles. The normalized spacial score (nSPS) is 30.7. The Balaban J connectivity index is 1.58. The number of carbonyl (C=O) groups is 2. The number of urea groups is 1. The standard InChI is InChI=1S/C15H24N2O2/c18-13-8-6-12(7-9-13)17-10-14(16-15(17)19)11-4-2-1-3-5-11/h11-12,14H,1-10H2,(H,16,19). The molecule has 3 rings (SSSR count). The number of nitrogens with one attached hydrogen (secondary N) is 1. The minimum absolute atomic E-state index is 0.106. The monoisotopic (exact) mass is 264 g/mol. The van der Waals surface area contributed by atoms with Gasteiger partial charge in [-0.05, 0) is 31.6 Å². The maximum absolute atomic E-state index is 12.1. The van der Waals surface area contributed by atoms with Crippen LogP contribution >= 0.6 is 0 Å². The molecule has 106 valence electrons. The van der Waals surface area contributed by atoms with Crippen LogP contribution in [-0.4, -0.2) is 35.3 Å². The van der Waals surface area contributed by atoms with Gasteiger partial charge in [-0.1, -0.05) is 19.3 Å². The summed E-state index contributed by atoms with van der Waals surface area (Å²) in [5.74, 6) is 1.03. The van der Waals surface area contributed by atoms with Gasteiger partial charge < -0.3 is 10.2 Å². The van der Waals surface area contributed by atoms with Gasteiger partial charge in [0.05, 0.1) is 6.04 Å². The highest BCUT2D eigenvalue weighted by atomic mass is 16.2. The predicted molar refractivity (Wildman–Crippen MR) is 72.9 cm³/mol. The predicted octanol–water partition coefficient (Wildman–Crippen LogP) is 2.47. The maximum Gasteiger partial charge on any atom is 0.318 e. The van der Waals surface area contributed by atoms with E-state index in [1.54, 1.807) is 0 Å². The van der Waals surface area contributed by atoms with E-state index in [2.05, 4.69) is 5.32 Å². The summed E-state index contributed by atoms with van der Waals surface area (Å²) >= 11 is 0. The maximum atomic E-state index is 12.1. The molecule has 3 fully saturated rings. The molecule has 3 aliphatic rings. The number of hydrogen-bond donors (Lipinski definition) is 1. The number of nitrogens with zero attached hydrogens (tertiary/aromatic N) is 1. The van der Waals surface area contributed by atoms with Crippen molar-refractivity contribution in [1.82, 2.24) is 10.2 Å². The van der Waals surface area contributed by atoms with Crippen molar-refractivity contribution in [2.45, 2.75) is 69.9 Å². The van der Waals surface area contributed by atoms with Gasteiger partial charge in [-0.2, -0.15) is 0 Å². The Morgan fingerprint density at radius 1 is 0.947 bits per heavy atom. The number of hydrogen-bond acceptors (Lipinski definition) is 2.